The van der Waals surface area contributed by atoms with Gasteiger partial charge in [-0.05, 0) is 6.07 Å². The quantitative estimate of drug-likeness (QED) is 0.307. The van der Waals surface area contributed by atoms with E-state index in [1.165, 1.54) is 6.07 Å². The zero-order valence-corrected chi connectivity index (χ0v) is 8.22. The van der Waals surface area contributed by atoms with Crippen LogP contribution in [0, 0.1) is 28.5 Å². The number of rotatable bonds is 1. The van der Waals surface area contributed by atoms with E-state index in [0.29, 0.717) is 11.3 Å². The van der Waals surface area contributed by atoms with Gasteiger partial charge in [-0.1, -0.05) is 30.1 Å². The molecule has 0 aliphatic heterocycles. The van der Waals surface area contributed by atoms with Gasteiger partial charge in [-0.15, -0.1) is 0 Å². The summed E-state index contributed by atoms with van der Waals surface area (Å²) in [5, 5.41) is 10.4. The molecule has 0 aliphatic carbocycles. The normalized spacial score (nSPS) is 8.57. The molecule has 0 fully saturated rings. The van der Waals surface area contributed by atoms with Crippen molar-refractivity contribution in [1.29, 1.82) is 0 Å². The van der Waals surface area contributed by atoms with Crippen molar-refractivity contribution >= 4 is 22.0 Å². The van der Waals surface area contributed by atoms with Crippen LogP contribution in [0.15, 0.2) is 6.07 Å². The van der Waals surface area contributed by atoms with Crippen LogP contribution in [0.1, 0.15) is 18.2 Å². The van der Waals surface area contributed by atoms with Gasteiger partial charge in [-0.25, -0.2) is 4.85 Å². The molecule has 0 aliphatic rings. The van der Waals surface area contributed by atoms with Crippen LogP contribution in [-0.2, 0) is 0 Å². The van der Waals surface area contributed by atoms with Crippen molar-refractivity contribution in [1.82, 2.24) is 0 Å². The predicted molar refractivity (Wildman–Crippen MR) is 54.4 cm³/mol. The minimum atomic E-state index is -0.546. The highest BCUT2D eigenvalue weighted by Gasteiger charge is 2.18. The van der Waals surface area contributed by atoms with Crippen LogP contribution < -0.4 is 0 Å². The molecule has 0 spiro atoms. The standard InChI is InChI=1S/C9H6N2O2S/c1-3-4-5-7-6-8(10-2)9(14-7)11(12)13/h6H,3H2,1H3. The third kappa shape index (κ3) is 2.09. The lowest BCUT2D eigenvalue weighted by Crippen LogP contribution is -1.81. The second kappa shape index (κ2) is 4.40. The Morgan fingerprint density at radius 3 is 2.93 bits per heavy atom. The fourth-order valence-electron chi connectivity index (χ4n) is 0.820. The summed E-state index contributed by atoms with van der Waals surface area (Å²) in [5.41, 5.74) is 0.0698. The Bertz CT molecular complexity index is 459. The predicted octanol–water partition coefficient (Wildman–Crippen LogP) is 2.97. The molecule has 14 heavy (non-hydrogen) atoms. The Kier molecular flexibility index (Phi) is 3.22. The first-order valence-corrected chi connectivity index (χ1v) is 4.65. The topological polar surface area (TPSA) is 47.5 Å². The third-order valence-electron chi connectivity index (χ3n) is 1.37. The minimum Gasteiger partial charge on any atom is -0.259 e. The summed E-state index contributed by atoms with van der Waals surface area (Å²) in [6.07, 6.45) is 0.694. The Balaban J connectivity index is 3.15. The molecule has 0 aromatic carbocycles. The summed E-state index contributed by atoms with van der Waals surface area (Å²) in [5.74, 6) is 5.57. The largest absolute Gasteiger partial charge is 0.334 e. The maximum Gasteiger partial charge on any atom is 0.334 e. The molecule has 0 radical (unpaired) electrons. The van der Waals surface area contributed by atoms with Crippen molar-refractivity contribution < 1.29 is 4.92 Å². The van der Waals surface area contributed by atoms with E-state index < -0.39 is 4.92 Å². The molecule has 1 rings (SSSR count). The van der Waals surface area contributed by atoms with Crippen LogP contribution in [0.25, 0.3) is 4.85 Å². The van der Waals surface area contributed by atoms with E-state index in [9.17, 15) is 10.1 Å². The van der Waals surface area contributed by atoms with Crippen LogP contribution in [0.3, 0.4) is 0 Å². The van der Waals surface area contributed by atoms with E-state index in [4.69, 9.17) is 6.57 Å². The van der Waals surface area contributed by atoms with Crippen LogP contribution in [0.5, 0.6) is 0 Å². The van der Waals surface area contributed by atoms with Crippen LogP contribution in [-0.4, -0.2) is 4.92 Å². The molecular weight excluding hydrogens is 200 g/mol. The summed E-state index contributed by atoms with van der Waals surface area (Å²) >= 11 is 0.946. The van der Waals surface area contributed by atoms with Gasteiger partial charge in [0, 0.05) is 6.42 Å². The lowest BCUT2D eigenvalue weighted by Gasteiger charge is -1.82. The van der Waals surface area contributed by atoms with Gasteiger partial charge >= 0.3 is 5.00 Å². The fraction of sp³-hybridized carbons (Fsp3) is 0.222. The summed E-state index contributed by atoms with van der Waals surface area (Å²) in [6.45, 7) is 8.64. The van der Waals surface area contributed by atoms with Crippen molar-refractivity contribution in [2.45, 2.75) is 13.3 Å². The Hall–Kier alpha value is -1.85. The second-order valence-electron chi connectivity index (χ2n) is 2.33. The summed E-state index contributed by atoms with van der Waals surface area (Å²) in [7, 11) is 0. The monoisotopic (exact) mass is 206 g/mol. The van der Waals surface area contributed by atoms with Crippen molar-refractivity contribution in [2.24, 2.45) is 0 Å². The molecule has 4 nitrogen and oxygen atoms in total. The van der Waals surface area contributed by atoms with E-state index in [1.807, 2.05) is 6.92 Å². The SMILES string of the molecule is [C-]#[N+]c1cc(C#CCC)sc1[N+](=O)[O-]. The Morgan fingerprint density at radius 2 is 2.50 bits per heavy atom. The molecule has 5 heteroatoms. The van der Waals surface area contributed by atoms with Gasteiger partial charge in [0.05, 0.1) is 16.4 Å². The molecule has 0 unspecified atom stereocenters. The number of hydrogen-bond acceptors (Lipinski definition) is 3. The average Bonchev–Trinajstić information content (AvgIpc) is 2.57. The lowest BCUT2D eigenvalue weighted by molar-refractivity contribution is -0.379. The highest BCUT2D eigenvalue weighted by Crippen LogP contribution is 2.36. The number of nitro groups is 1. The van der Waals surface area contributed by atoms with Crippen LogP contribution in [0.2, 0.25) is 0 Å². The van der Waals surface area contributed by atoms with E-state index in [1.54, 1.807) is 0 Å². The third-order valence-corrected chi connectivity index (χ3v) is 2.36. The van der Waals surface area contributed by atoms with Crippen molar-refractivity contribution in [3.05, 3.63) is 32.5 Å². The first kappa shape index (κ1) is 10.2. The molecule has 1 aromatic rings. The maximum absolute atomic E-state index is 10.5. The van der Waals surface area contributed by atoms with E-state index in [0.717, 1.165) is 11.3 Å². The molecule has 70 valence electrons. The number of thiophene rings is 1. The zero-order valence-electron chi connectivity index (χ0n) is 7.40. The van der Waals surface area contributed by atoms with Gasteiger partial charge in [0.25, 0.3) is 5.69 Å². The minimum absolute atomic E-state index is 0.0698. The van der Waals surface area contributed by atoms with Crippen LogP contribution >= 0.6 is 11.3 Å². The van der Waals surface area contributed by atoms with E-state index in [-0.39, 0.29) is 10.7 Å². The van der Waals surface area contributed by atoms with E-state index >= 15 is 0 Å². The second-order valence-corrected chi connectivity index (χ2v) is 3.36. The van der Waals surface area contributed by atoms with Gasteiger partial charge in [0.15, 0.2) is 0 Å². The lowest BCUT2D eigenvalue weighted by atomic mass is 10.4. The Labute approximate surface area is 85.2 Å². The molecule has 0 amide bonds. The average molecular weight is 206 g/mol. The highest BCUT2D eigenvalue weighted by atomic mass is 32.1. The molecule has 0 bridgehead atoms. The van der Waals surface area contributed by atoms with Crippen molar-refractivity contribution in [3.63, 3.8) is 0 Å². The van der Waals surface area contributed by atoms with Crippen molar-refractivity contribution in [3.8, 4) is 11.8 Å². The highest BCUT2D eigenvalue weighted by molar-refractivity contribution is 7.16. The van der Waals surface area contributed by atoms with Crippen LogP contribution in [0.4, 0.5) is 10.7 Å². The fourth-order valence-corrected chi connectivity index (χ4v) is 1.61. The Morgan fingerprint density at radius 1 is 1.79 bits per heavy atom. The molecule has 0 atom stereocenters. The summed E-state index contributed by atoms with van der Waals surface area (Å²) in [4.78, 5) is 13.6. The first-order valence-electron chi connectivity index (χ1n) is 3.83. The maximum atomic E-state index is 10.5. The molecule has 0 N–H and O–H groups in total. The molecule has 1 heterocycles. The molecular formula is C9H6N2O2S. The van der Waals surface area contributed by atoms with Gasteiger partial charge in [0.1, 0.15) is 0 Å². The van der Waals surface area contributed by atoms with Gasteiger partial charge in [-0.2, -0.15) is 0 Å². The number of nitrogens with zero attached hydrogens (tertiary/aromatic N) is 2. The zero-order chi connectivity index (χ0) is 10.6. The summed E-state index contributed by atoms with van der Waals surface area (Å²) < 4.78 is 0. The van der Waals surface area contributed by atoms with Gasteiger partial charge in [0.2, 0.25) is 0 Å². The van der Waals surface area contributed by atoms with E-state index in [2.05, 4.69) is 16.7 Å². The molecule has 0 saturated carbocycles. The molecule has 1 aromatic heterocycles. The van der Waals surface area contributed by atoms with Gasteiger partial charge in [-0.3, -0.25) is 10.1 Å². The molecule has 0 saturated heterocycles. The van der Waals surface area contributed by atoms with Crippen molar-refractivity contribution in [2.75, 3.05) is 0 Å². The number of hydrogen-bond donors (Lipinski definition) is 0. The first-order chi connectivity index (χ1) is 6.69. The summed E-state index contributed by atoms with van der Waals surface area (Å²) in [6, 6.07) is 1.46. The smallest absolute Gasteiger partial charge is 0.259 e. The van der Waals surface area contributed by atoms with Gasteiger partial charge < -0.3 is 0 Å².